The molecule has 0 radical (unpaired) electrons. The highest BCUT2D eigenvalue weighted by atomic mass is 16.5. The van der Waals surface area contributed by atoms with E-state index in [9.17, 15) is 0 Å². The summed E-state index contributed by atoms with van der Waals surface area (Å²) in [5, 5.41) is 12.6. The van der Waals surface area contributed by atoms with Crippen LogP contribution in [0.1, 0.15) is 38.3 Å². The lowest BCUT2D eigenvalue weighted by Crippen LogP contribution is -2.39. The first-order valence-electron chi connectivity index (χ1n) is 7.17. The number of aliphatic hydroxyl groups is 1. The molecule has 0 saturated heterocycles. The van der Waals surface area contributed by atoms with Crippen molar-refractivity contribution in [2.45, 2.75) is 51.8 Å². The molecule has 2 N–H and O–H groups in total. The Morgan fingerprint density at radius 2 is 2.20 bits per heavy atom. The fourth-order valence-electron chi connectivity index (χ4n) is 2.53. The van der Waals surface area contributed by atoms with Crippen molar-refractivity contribution in [3.63, 3.8) is 0 Å². The monoisotopic (exact) mass is 279 g/mol. The van der Waals surface area contributed by atoms with Gasteiger partial charge in [0.1, 0.15) is 17.6 Å². The second-order valence-corrected chi connectivity index (χ2v) is 6.12. The second kappa shape index (κ2) is 6.02. The Hall–Kier alpha value is -1.26. The number of ether oxygens (including phenoxy) is 2. The third kappa shape index (κ3) is 3.44. The fourth-order valence-corrected chi connectivity index (χ4v) is 2.53. The largest absolute Gasteiger partial charge is 0.497 e. The van der Waals surface area contributed by atoms with Crippen LogP contribution in [0, 0.1) is 0 Å². The molecular formula is C16H25NO3. The highest BCUT2D eigenvalue weighted by Gasteiger charge is 2.24. The molecule has 0 amide bonds. The van der Waals surface area contributed by atoms with Gasteiger partial charge < -0.3 is 19.9 Å². The van der Waals surface area contributed by atoms with E-state index in [1.54, 1.807) is 7.11 Å². The maximum atomic E-state index is 9.09. The molecule has 0 aromatic heterocycles. The van der Waals surface area contributed by atoms with Gasteiger partial charge >= 0.3 is 0 Å². The van der Waals surface area contributed by atoms with Gasteiger partial charge in [0.25, 0.3) is 0 Å². The van der Waals surface area contributed by atoms with Crippen molar-refractivity contribution in [1.29, 1.82) is 0 Å². The lowest BCUT2D eigenvalue weighted by molar-refractivity contribution is 0.227. The summed E-state index contributed by atoms with van der Waals surface area (Å²) in [4.78, 5) is 0. The molecule has 0 fully saturated rings. The average Bonchev–Trinajstić information content (AvgIpc) is 2.76. The molecule has 4 heteroatoms. The third-order valence-corrected chi connectivity index (χ3v) is 3.77. The molecule has 0 bridgehead atoms. The standard InChI is InChI=1S/C16H25NO3/c1-11-7-12-8-14(19-4)9-13(15(12)20-11)10-17-16(2,3)5-6-18/h8-9,11,17-18H,5-7,10H2,1-4H3. The summed E-state index contributed by atoms with van der Waals surface area (Å²) in [5.74, 6) is 1.86. The van der Waals surface area contributed by atoms with E-state index in [0.29, 0.717) is 6.54 Å². The number of hydrogen-bond acceptors (Lipinski definition) is 4. The molecule has 2 rings (SSSR count). The van der Waals surface area contributed by atoms with E-state index in [1.807, 2.05) is 6.07 Å². The molecule has 20 heavy (non-hydrogen) atoms. The summed E-state index contributed by atoms with van der Waals surface area (Å²) in [5.41, 5.74) is 2.23. The molecule has 1 aliphatic heterocycles. The van der Waals surface area contributed by atoms with Crippen LogP contribution in [0.15, 0.2) is 12.1 Å². The molecule has 112 valence electrons. The lowest BCUT2D eigenvalue weighted by Gasteiger charge is -2.26. The summed E-state index contributed by atoms with van der Waals surface area (Å²) in [6.45, 7) is 7.16. The van der Waals surface area contributed by atoms with Crippen LogP contribution in [0.4, 0.5) is 0 Å². The molecule has 1 heterocycles. The Kier molecular flexibility index (Phi) is 4.55. The Morgan fingerprint density at radius 1 is 1.45 bits per heavy atom. The molecule has 1 atom stereocenters. The predicted octanol–water partition coefficient (Wildman–Crippen LogP) is 2.27. The minimum Gasteiger partial charge on any atom is -0.497 e. The molecule has 1 aromatic rings. The van der Waals surface area contributed by atoms with Crippen molar-refractivity contribution in [3.05, 3.63) is 23.3 Å². The number of fused-ring (bicyclic) bond motifs is 1. The zero-order valence-corrected chi connectivity index (χ0v) is 12.8. The first kappa shape index (κ1) is 15.1. The van der Waals surface area contributed by atoms with Crippen LogP contribution < -0.4 is 14.8 Å². The smallest absolute Gasteiger partial charge is 0.127 e. The van der Waals surface area contributed by atoms with E-state index in [2.05, 4.69) is 32.2 Å². The van der Waals surface area contributed by atoms with Crippen LogP contribution >= 0.6 is 0 Å². The SMILES string of the molecule is COc1cc(CNC(C)(C)CCO)c2c(c1)CC(C)O2. The quantitative estimate of drug-likeness (QED) is 0.839. The minimum absolute atomic E-state index is 0.102. The Bertz CT molecular complexity index is 471. The first-order valence-corrected chi connectivity index (χ1v) is 7.17. The number of hydrogen-bond donors (Lipinski definition) is 2. The summed E-state index contributed by atoms with van der Waals surface area (Å²) in [7, 11) is 1.69. The number of rotatable bonds is 6. The van der Waals surface area contributed by atoms with E-state index in [0.717, 1.165) is 29.9 Å². The predicted molar refractivity (Wildman–Crippen MR) is 79.4 cm³/mol. The maximum absolute atomic E-state index is 9.09. The second-order valence-electron chi connectivity index (χ2n) is 6.12. The summed E-state index contributed by atoms with van der Waals surface area (Å²) >= 11 is 0. The summed E-state index contributed by atoms with van der Waals surface area (Å²) < 4.78 is 11.3. The van der Waals surface area contributed by atoms with Crippen LogP contribution in [-0.4, -0.2) is 30.5 Å². The van der Waals surface area contributed by atoms with Gasteiger partial charge in [0.05, 0.1) is 7.11 Å². The summed E-state index contributed by atoms with van der Waals surface area (Å²) in [6.07, 6.45) is 1.87. The topological polar surface area (TPSA) is 50.7 Å². The third-order valence-electron chi connectivity index (χ3n) is 3.77. The number of methoxy groups -OCH3 is 1. The molecule has 0 spiro atoms. The number of benzene rings is 1. The van der Waals surface area contributed by atoms with Gasteiger partial charge in [-0.2, -0.15) is 0 Å². The van der Waals surface area contributed by atoms with E-state index in [4.69, 9.17) is 14.6 Å². The van der Waals surface area contributed by atoms with Crippen molar-refractivity contribution in [2.24, 2.45) is 0 Å². The first-order chi connectivity index (χ1) is 9.45. The fraction of sp³-hybridized carbons (Fsp3) is 0.625. The lowest BCUT2D eigenvalue weighted by atomic mass is 10.00. The highest BCUT2D eigenvalue weighted by molar-refractivity contribution is 5.49. The molecule has 1 unspecified atom stereocenters. The van der Waals surface area contributed by atoms with E-state index in [1.165, 1.54) is 5.56 Å². The van der Waals surface area contributed by atoms with Gasteiger partial charge in [-0.25, -0.2) is 0 Å². The van der Waals surface area contributed by atoms with Crippen LogP contribution in [-0.2, 0) is 13.0 Å². The Morgan fingerprint density at radius 3 is 2.85 bits per heavy atom. The van der Waals surface area contributed by atoms with E-state index >= 15 is 0 Å². The van der Waals surface area contributed by atoms with Crippen molar-refractivity contribution in [1.82, 2.24) is 5.32 Å². The van der Waals surface area contributed by atoms with Crippen molar-refractivity contribution < 1.29 is 14.6 Å². The van der Waals surface area contributed by atoms with Crippen LogP contribution in [0.25, 0.3) is 0 Å². The van der Waals surface area contributed by atoms with Gasteiger partial charge in [-0.05, 0) is 39.3 Å². The Balaban J connectivity index is 2.17. The highest BCUT2D eigenvalue weighted by Crippen LogP contribution is 2.36. The zero-order chi connectivity index (χ0) is 14.8. The van der Waals surface area contributed by atoms with Gasteiger partial charge in [-0.15, -0.1) is 0 Å². The molecule has 1 aliphatic rings. The normalized spacial score (nSPS) is 17.8. The van der Waals surface area contributed by atoms with E-state index in [-0.39, 0.29) is 18.2 Å². The van der Waals surface area contributed by atoms with Crippen molar-refractivity contribution in [3.8, 4) is 11.5 Å². The maximum Gasteiger partial charge on any atom is 0.127 e. The van der Waals surface area contributed by atoms with Crippen molar-refractivity contribution in [2.75, 3.05) is 13.7 Å². The number of aliphatic hydroxyl groups excluding tert-OH is 1. The average molecular weight is 279 g/mol. The van der Waals surface area contributed by atoms with Gasteiger partial charge in [-0.1, -0.05) is 0 Å². The van der Waals surface area contributed by atoms with Crippen LogP contribution in [0.5, 0.6) is 11.5 Å². The minimum atomic E-state index is -0.102. The Labute approximate surface area is 121 Å². The van der Waals surface area contributed by atoms with Gasteiger partial charge in [0.15, 0.2) is 0 Å². The zero-order valence-electron chi connectivity index (χ0n) is 12.8. The molecule has 0 saturated carbocycles. The van der Waals surface area contributed by atoms with Gasteiger partial charge in [0.2, 0.25) is 0 Å². The van der Waals surface area contributed by atoms with E-state index < -0.39 is 0 Å². The van der Waals surface area contributed by atoms with Crippen LogP contribution in [0.2, 0.25) is 0 Å². The molecule has 4 nitrogen and oxygen atoms in total. The summed E-state index contributed by atoms with van der Waals surface area (Å²) in [6, 6.07) is 4.08. The molecule has 0 aliphatic carbocycles. The number of nitrogens with one attached hydrogen (secondary N) is 1. The van der Waals surface area contributed by atoms with Gasteiger partial charge in [0, 0.05) is 36.2 Å². The van der Waals surface area contributed by atoms with Gasteiger partial charge in [-0.3, -0.25) is 0 Å². The molecular weight excluding hydrogens is 254 g/mol. The van der Waals surface area contributed by atoms with Crippen molar-refractivity contribution >= 4 is 0 Å². The molecule has 1 aromatic carbocycles. The van der Waals surface area contributed by atoms with Crippen LogP contribution in [0.3, 0.4) is 0 Å².